The SMILES string of the molecule is CCCCCCCCC(CCCCCC)COC(=O)CC/C=C/CCCN(CCCCO)CCCCCCCC(=O)OCC(CCCCCC)CCCCCCCC. The fourth-order valence-corrected chi connectivity index (χ4v) is 8.12. The molecular formula is C52H101NO5. The van der Waals surface area contributed by atoms with Crippen LogP contribution >= 0.6 is 0 Å². The predicted octanol–water partition coefficient (Wildman–Crippen LogP) is 15.3. The molecular weight excluding hydrogens is 719 g/mol. The minimum Gasteiger partial charge on any atom is -0.465 e. The van der Waals surface area contributed by atoms with E-state index in [-0.39, 0.29) is 18.5 Å². The fraction of sp³-hybridized carbons (Fsp3) is 0.923. The highest BCUT2D eigenvalue weighted by molar-refractivity contribution is 5.69. The second kappa shape index (κ2) is 46.7. The maximum atomic E-state index is 12.6. The van der Waals surface area contributed by atoms with Crippen molar-refractivity contribution in [2.45, 2.75) is 259 Å². The predicted molar refractivity (Wildman–Crippen MR) is 250 cm³/mol. The number of carbonyl (C=O) groups excluding carboxylic acids is 2. The van der Waals surface area contributed by atoms with Crippen LogP contribution in [0.5, 0.6) is 0 Å². The van der Waals surface area contributed by atoms with Gasteiger partial charge in [0.2, 0.25) is 0 Å². The molecule has 2 atom stereocenters. The summed E-state index contributed by atoms with van der Waals surface area (Å²) < 4.78 is 11.6. The van der Waals surface area contributed by atoms with Crippen LogP contribution < -0.4 is 0 Å². The molecule has 344 valence electrons. The third kappa shape index (κ3) is 41.3. The number of hydrogen-bond acceptors (Lipinski definition) is 6. The molecule has 0 heterocycles. The summed E-state index contributed by atoms with van der Waals surface area (Å²) in [4.78, 5) is 27.7. The molecule has 1 N–H and O–H groups in total. The lowest BCUT2D eigenvalue weighted by atomic mass is 9.95. The zero-order valence-corrected chi connectivity index (χ0v) is 39.5. The van der Waals surface area contributed by atoms with Gasteiger partial charge in [-0.3, -0.25) is 9.59 Å². The van der Waals surface area contributed by atoms with E-state index in [1.165, 1.54) is 173 Å². The summed E-state index contributed by atoms with van der Waals surface area (Å²) >= 11 is 0. The lowest BCUT2D eigenvalue weighted by molar-refractivity contribution is -0.146. The quantitative estimate of drug-likeness (QED) is 0.0374. The Hall–Kier alpha value is -1.40. The second-order valence-corrected chi connectivity index (χ2v) is 17.9. The second-order valence-electron chi connectivity index (χ2n) is 17.9. The Morgan fingerprint density at radius 2 is 0.793 bits per heavy atom. The highest BCUT2D eigenvalue weighted by Gasteiger charge is 2.14. The van der Waals surface area contributed by atoms with E-state index in [1.807, 2.05) is 0 Å². The van der Waals surface area contributed by atoms with E-state index in [2.05, 4.69) is 44.7 Å². The number of hydrogen-bond donors (Lipinski definition) is 1. The lowest BCUT2D eigenvalue weighted by Crippen LogP contribution is -2.27. The van der Waals surface area contributed by atoms with Crippen molar-refractivity contribution < 1.29 is 24.2 Å². The van der Waals surface area contributed by atoms with E-state index in [9.17, 15) is 14.7 Å². The third-order valence-electron chi connectivity index (χ3n) is 12.1. The summed E-state index contributed by atoms with van der Waals surface area (Å²) in [6.07, 6.45) is 46.7. The van der Waals surface area contributed by atoms with Crippen LogP contribution in [0.2, 0.25) is 0 Å². The Morgan fingerprint density at radius 3 is 1.28 bits per heavy atom. The molecule has 0 fully saturated rings. The van der Waals surface area contributed by atoms with Crippen molar-refractivity contribution in [2.24, 2.45) is 11.8 Å². The number of allylic oxidation sites excluding steroid dienone is 2. The average Bonchev–Trinajstić information content (AvgIpc) is 3.22. The first-order valence-corrected chi connectivity index (χ1v) is 25.8. The molecule has 0 aromatic heterocycles. The van der Waals surface area contributed by atoms with Gasteiger partial charge in [0.1, 0.15) is 0 Å². The minimum atomic E-state index is -0.0446. The Morgan fingerprint density at radius 1 is 0.431 bits per heavy atom. The molecule has 0 saturated heterocycles. The standard InChI is InChI=1S/C52H101NO5/c1-5-9-13-17-21-29-39-49(37-27-15-11-7-3)47-57-51(55)41-31-23-19-25-33-43-53(45-35-36-46-54)44-34-26-20-24-32-42-52(56)58-48-50(38-28-16-12-8-4)40-30-22-18-14-10-6-2/h19,23,49-50,54H,5-18,20-22,24-48H2,1-4H3/b23-19+. The first kappa shape index (κ1) is 56.6. The van der Waals surface area contributed by atoms with Crippen molar-refractivity contribution in [1.82, 2.24) is 4.90 Å². The largest absolute Gasteiger partial charge is 0.465 e. The van der Waals surface area contributed by atoms with Gasteiger partial charge in [-0.25, -0.2) is 0 Å². The molecule has 0 amide bonds. The first-order valence-electron chi connectivity index (χ1n) is 25.8. The molecule has 0 radical (unpaired) electrons. The van der Waals surface area contributed by atoms with Crippen molar-refractivity contribution in [1.29, 1.82) is 0 Å². The van der Waals surface area contributed by atoms with Crippen molar-refractivity contribution in [3.8, 4) is 0 Å². The van der Waals surface area contributed by atoms with Crippen molar-refractivity contribution in [3.05, 3.63) is 12.2 Å². The average molecular weight is 820 g/mol. The number of carbonyl (C=O) groups is 2. The molecule has 0 rings (SSSR count). The number of aliphatic hydroxyl groups is 1. The van der Waals surface area contributed by atoms with E-state index in [1.54, 1.807) is 0 Å². The Kier molecular flexibility index (Phi) is 45.5. The smallest absolute Gasteiger partial charge is 0.306 e. The van der Waals surface area contributed by atoms with Crippen LogP contribution in [-0.2, 0) is 19.1 Å². The molecule has 58 heavy (non-hydrogen) atoms. The highest BCUT2D eigenvalue weighted by Crippen LogP contribution is 2.21. The number of nitrogens with zero attached hydrogens (tertiary/aromatic N) is 1. The number of ether oxygens (including phenoxy) is 2. The van der Waals surface area contributed by atoms with Gasteiger partial charge in [0, 0.05) is 19.4 Å². The van der Waals surface area contributed by atoms with Gasteiger partial charge in [-0.05, 0) is 102 Å². The maximum Gasteiger partial charge on any atom is 0.306 e. The van der Waals surface area contributed by atoms with Gasteiger partial charge in [-0.2, -0.15) is 0 Å². The Labute approximate surface area is 362 Å². The summed E-state index contributed by atoms with van der Waals surface area (Å²) in [5, 5.41) is 9.32. The normalized spacial score (nSPS) is 12.8. The van der Waals surface area contributed by atoms with E-state index in [0.717, 1.165) is 64.6 Å². The number of esters is 2. The minimum absolute atomic E-state index is 0.00117. The molecule has 0 aromatic carbocycles. The van der Waals surface area contributed by atoms with Gasteiger partial charge in [0.15, 0.2) is 0 Å². The molecule has 2 unspecified atom stereocenters. The van der Waals surface area contributed by atoms with E-state index in [4.69, 9.17) is 9.47 Å². The molecule has 0 saturated carbocycles. The van der Waals surface area contributed by atoms with Gasteiger partial charge >= 0.3 is 11.9 Å². The summed E-state index contributed by atoms with van der Waals surface area (Å²) in [6.45, 7) is 13.8. The van der Waals surface area contributed by atoms with Gasteiger partial charge < -0.3 is 19.5 Å². The summed E-state index contributed by atoms with van der Waals surface area (Å²) in [5.74, 6) is 1.01. The first-order chi connectivity index (χ1) is 28.5. The van der Waals surface area contributed by atoms with E-state index < -0.39 is 0 Å². The third-order valence-corrected chi connectivity index (χ3v) is 12.1. The number of rotatable bonds is 47. The number of unbranched alkanes of at least 4 members (excludes halogenated alkanes) is 22. The van der Waals surface area contributed by atoms with Crippen LogP contribution in [0.25, 0.3) is 0 Å². The van der Waals surface area contributed by atoms with Crippen LogP contribution in [0.15, 0.2) is 12.2 Å². The lowest BCUT2D eigenvalue weighted by Gasteiger charge is -2.22. The molecule has 0 spiro atoms. The van der Waals surface area contributed by atoms with Crippen LogP contribution in [0.1, 0.15) is 259 Å². The van der Waals surface area contributed by atoms with Crippen LogP contribution in [0.4, 0.5) is 0 Å². The zero-order valence-electron chi connectivity index (χ0n) is 39.5. The van der Waals surface area contributed by atoms with E-state index in [0.29, 0.717) is 37.9 Å². The van der Waals surface area contributed by atoms with Crippen LogP contribution in [0.3, 0.4) is 0 Å². The van der Waals surface area contributed by atoms with E-state index >= 15 is 0 Å². The molecule has 0 aliphatic heterocycles. The molecule has 6 heteroatoms. The molecule has 6 nitrogen and oxygen atoms in total. The van der Waals surface area contributed by atoms with Gasteiger partial charge in [-0.1, -0.05) is 188 Å². The van der Waals surface area contributed by atoms with Gasteiger partial charge in [0.05, 0.1) is 13.2 Å². The van der Waals surface area contributed by atoms with Crippen molar-refractivity contribution in [2.75, 3.05) is 39.5 Å². The van der Waals surface area contributed by atoms with Crippen molar-refractivity contribution in [3.63, 3.8) is 0 Å². The van der Waals surface area contributed by atoms with Gasteiger partial charge in [-0.15, -0.1) is 0 Å². The molecule has 0 aromatic rings. The zero-order chi connectivity index (χ0) is 42.4. The maximum absolute atomic E-state index is 12.6. The van der Waals surface area contributed by atoms with Gasteiger partial charge in [0.25, 0.3) is 0 Å². The molecule has 0 aliphatic carbocycles. The fourth-order valence-electron chi connectivity index (χ4n) is 8.12. The van der Waals surface area contributed by atoms with Crippen molar-refractivity contribution >= 4 is 11.9 Å². The monoisotopic (exact) mass is 820 g/mol. The summed E-state index contributed by atoms with van der Waals surface area (Å²) in [6, 6.07) is 0. The Balaban J connectivity index is 4.30. The summed E-state index contributed by atoms with van der Waals surface area (Å²) in [5.41, 5.74) is 0. The highest BCUT2D eigenvalue weighted by atomic mass is 16.5. The molecule has 0 bridgehead atoms. The molecule has 0 aliphatic rings. The number of aliphatic hydroxyl groups excluding tert-OH is 1. The van der Waals surface area contributed by atoms with Crippen LogP contribution in [0, 0.1) is 11.8 Å². The Bertz CT molecular complexity index is 878. The summed E-state index contributed by atoms with van der Waals surface area (Å²) in [7, 11) is 0. The van der Waals surface area contributed by atoms with Crippen LogP contribution in [-0.4, -0.2) is 61.4 Å². The topological polar surface area (TPSA) is 76.1 Å².